The van der Waals surface area contributed by atoms with Crippen LogP contribution in [0.25, 0.3) is 0 Å². The highest BCUT2D eigenvalue weighted by molar-refractivity contribution is 6.31. The Labute approximate surface area is 111 Å². The van der Waals surface area contributed by atoms with Gasteiger partial charge in [-0.05, 0) is 23.8 Å². The maximum atomic E-state index is 9.20. The summed E-state index contributed by atoms with van der Waals surface area (Å²) >= 11 is 6.08. The molecule has 3 nitrogen and oxygen atoms in total. The number of halogens is 1. The quantitative estimate of drug-likeness (QED) is 0.916. The SMILES string of the molecule is N#CC(NCc1ccncc1)c1ccccc1Cl. The van der Waals surface area contributed by atoms with Crippen molar-refractivity contribution in [1.29, 1.82) is 5.26 Å². The van der Waals surface area contributed by atoms with Crippen molar-refractivity contribution in [2.75, 3.05) is 0 Å². The van der Waals surface area contributed by atoms with Crippen LogP contribution in [0.3, 0.4) is 0 Å². The fourth-order valence-electron chi connectivity index (χ4n) is 1.65. The average Bonchev–Trinajstić information content (AvgIpc) is 2.42. The van der Waals surface area contributed by atoms with E-state index in [-0.39, 0.29) is 0 Å². The first kappa shape index (κ1) is 12.6. The van der Waals surface area contributed by atoms with Crippen LogP contribution in [0.1, 0.15) is 17.2 Å². The van der Waals surface area contributed by atoms with Crippen LogP contribution in [0.2, 0.25) is 5.02 Å². The van der Waals surface area contributed by atoms with Gasteiger partial charge in [0.15, 0.2) is 0 Å². The highest BCUT2D eigenvalue weighted by Crippen LogP contribution is 2.22. The van der Waals surface area contributed by atoms with Gasteiger partial charge in [-0.2, -0.15) is 5.26 Å². The number of benzene rings is 1. The van der Waals surface area contributed by atoms with E-state index in [2.05, 4.69) is 16.4 Å². The van der Waals surface area contributed by atoms with Crippen LogP contribution in [0.5, 0.6) is 0 Å². The summed E-state index contributed by atoms with van der Waals surface area (Å²) in [5, 5.41) is 13.0. The van der Waals surface area contributed by atoms with Gasteiger partial charge in [0, 0.05) is 29.5 Å². The van der Waals surface area contributed by atoms with Crippen LogP contribution in [0.15, 0.2) is 48.8 Å². The predicted octanol–water partition coefficient (Wildman–Crippen LogP) is 3.09. The molecule has 0 aliphatic heterocycles. The van der Waals surface area contributed by atoms with Crippen LogP contribution in [-0.4, -0.2) is 4.98 Å². The van der Waals surface area contributed by atoms with Gasteiger partial charge in [-0.25, -0.2) is 0 Å². The van der Waals surface area contributed by atoms with Gasteiger partial charge in [0.1, 0.15) is 6.04 Å². The van der Waals surface area contributed by atoms with Gasteiger partial charge < -0.3 is 0 Å². The van der Waals surface area contributed by atoms with E-state index in [4.69, 9.17) is 11.6 Å². The summed E-state index contributed by atoms with van der Waals surface area (Å²) in [6.07, 6.45) is 3.46. The number of nitriles is 1. The van der Waals surface area contributed by atoms with Gasteiger partial charge in [-0.1, -0.05) is 29.8 Å². The van der Waals surface area contributed by atoms with Gasteiger partial charge in [0.2, 0.25) is 0 Å². The zero-order chi connectivity index (χ0) is 12.8. The van der Waals surface area contributed by atoms with E-state index in [1.165, 1.54) is 0 Å². The van der Waals surface area contributed by atoms with Crippen molar-refractivity contribution < 1.29 is 0 Å². The summed E-state index contributed by atoms with van der Waals surface area (Å²) in [7, 11) is 0. The van der Waals surface area contributed by atoms with E-state index in [0.29, 0.717) is 11.6 Å². The van der Waals surface area contributed by atoms with E-state index >= 15 is 0 Å². The number of hydrogen-bond donors (Lipinski definition) is 1. The molecular formula is C14H12ClN3. The van der Waals surface area contributed by atoms with Crippen molar-refractivity contribution in [2.45, 2.75) is 12.6 Å². The molecule has 0 spiro atoms. The number of nitrogens with zero attached hydrogens (tertiary/aromatic N) is 2. The summed E-state index contributed by atoms with van der Waals surface area (Å²) in [5.41, 5.74) is 1.88. The second-order valence-electron chi connectivity index (χ2n) is 3.82. The molecule has 4 heteroatoms. The minimum Gasteiger partial charge on any atom is -0.294 e. The van der Waals surface area contributed by atoms with Crippen LogP contribution in [-0.2, 0) is 6.54 Å². The van der Waals surface area contributed by atoms with Crippen molar-refractivity contribution in [3.63, 3.8) is 0 Å². The Morgan fingerprint density at radius 2 is 1.94 bits per heavy atom. The molecule has 1 aromatic heterocycles. The van der Waals surface area contributed by atoms with Gasteiger partial charge in [-0.15, -0.1) is 0 Å². The Kier molecular flexibility index (Phi) is 4.30. The molecule has 1 unspecified atom stereocenters. The summed E-state index contributed by atoms with van der Waals surface area (Å²) in [6.45, 7) is 0.603. The van der Waals surface area contributed by atoms with Gasteiger partial charge in [0.05, 0.1) is 6.07 Å². The fraction of sp³-hybridized carbons (Fsp3) is 0.143. The maximum absolute atomic E-state index is 9.20. The Hall–Kier alpha value is -1.89. The zero-order valence-corrected chi connectivity index (χ0v) is 10.4. The molecule has 0 bridgehead atoms. The molecule has 2 rings (SSSR count). The van der Waals surface area contributed by atoms with Crippen molar-refractivity contribution in [2.24, 2.45) is 0 Å². The number of pyridine rings is 1. The molecule has 1 N–H and O–H groups in total. The highest BCUT2D eigenvalue weighted by Gasteiger charge is 2.12. The molecule has 0 amide bonds. The number of nitrogens with one attached hydrogen (secondary N) is 1. The lowest BCUT2D eigenvalue weighted by Gasteiger charge is -2.13. The summed E-state index contributed by atoms with van der Waals surface area (Å²) in [6, 6.07) is 13.0. The van der Waals surface area contributed by atoms with E-state index in [9.17, 15) is 5.26 Å². The molecule has 1 aromatic carbocycles. The molecule has 0 fully saturated rings. The Bertz CT molecular complexity index is 548. The second-order valence-corrected chi connectivity index (χ2v) is 4.23. The van der Waals surface area contributed by atoms with Crippen LogP contribution >= 0.6 is 11.6 Å². The molecule has 0 radical (unpaired) electrons. The van der Waals surface area contributed by atoms with Crippen molar-refractivity contribution in [3.05, 3.63) is 64.9 Å². The first-order valence-electron chi connectivity index (χ1n) is 5.57. The number of hydrogen-bond acceptors (Lipinski definition) is 3. The minimum absolute atomic E-state index is 0.410. The van der Waals surface area contributed by atoms with Crippen LogP contribution < -0.4 is 5.32 Å². The molecule has 90 valence electrons. The molecule has 1 atom stereocenters. The molecule has 2 aromatic rings. The molecular weight excluding hydrogens is 246 g/mol. The number of rotatable bonds is 4. The molecule has 18 heavy (non-hydrogen) atoms. The second kappa shape index (κ2) is 6.15. The molecule has 0 saturated heterocycles. The Morgan fingerprint density at radius 1 is 1.22 bits per heavy atom. The molecule has 0 aliphatic carbocycles. The zero-order valence-electron chi connectivity index (χ0n) is 9.68. The third-order valence-electron chi connectivity index (χ3n) is 2.60. The Morgan fingerprint density at radius 3 is 2.61 bits per heavy atom. The van der Waals surface area contributed by atoms with Gasteiger partial charge in [0.25, 0.3) is 0 Å². The standard InChI is InChI=1S/C14H12ClN3/c15-13-4-2-1-3-12(13)14(9-16)18-10-11-5-7-17-8-6-11/h1-8,14,18H,10H2. The third kappa shape index (κ3) is 3.07. The molecule has 0 aliphatic rings. The summed E-state index contributed by atoms with van der Waals surface area (Å²) in [5.74, 6) is 0. The van der Waals surface area contributed by atoms with Crippen molar-refractivity contribution >= 4 is 11.6 Å². The topological polar surface area (TPSA) is 48.7 Å². The smallest absolute Gasteiger partial charge is 0.123 e. The normalized spacial score (nSPS) is 11.8. The predicted molar refractivity (Wildman–Crippen MR) is 70.9 cm³/mol. The monoisotopic (exact) mass is 257 g/mol. The average molecular weight is 258 g/mol. The first-order chi connectivity index (χ1) is 8.81. The van der Waals surface area contributed by atoms with E-state index in [1.54, 1.807) is 18.5 Å². The molecule has 0 saturated carbocycles. The fourth-order valence-corrected chi connectivity index (χ4v) is 1.90. The van der Waals surface area contributed by atoms with Crippen molar-refractivity contribution in [3.8, 4) is 6.07 Å². The first-order valence-corrected chi connectivity index (χ1v) is 5.95. The summed E-state index contributed by atoms with van der Waals surface area (Å²) < 4.78 is 0. The lowest BCUT2D eigenvalue weighted by atomic mass is 10.1. The van der Waals surface area contributed by atoms with E-state index in [1.807, 2.05) is 30.3 Å². The lowest BCUT2D eigenvalue weighted by Crippen LogP contribution is -2.19. The largest absolute Gasteiger partial charge is 0.294 e. The third-order valence-corrected chi connectivity index (χ3v) is 2.95. The van der Waals surface area contributed by atoms with E-state index in [0.717, 1.165) is 11.1 Å². The van der Waals surface area contributed by atoms with Crippen LogP contribution in [0, 0.1) is 11.3 Å². The maximum Gasteiger partial charge on any atom is 0.123 e. The number of aromatic nitrogens is 1. The van der Waals surface area contributed by atoms with Gasteiger partial charge >= 0.3 is 0 Å². The minimum atomic E-state index is -0.410. The van der Waals surface area contributed by atoms with E-state index < -0.39 is 6.04 Å². The van der Waals surface area contributed by atoms with Crippen LogP contribution in [0.4, 0.5) is 0 Å². The molecule has 1 heterocycles. The van der Waals surface area contributed by atoms with Gasteiger partial charge in [-0.3, -0.25) is 10.3 Å². The highest BCUT2D eigenvalue weighted by atomic mass is 35.5. The van der Waals surface area contributed by atoms with Crippen molar-refractivity contribution in [1.82, 2.24) is 10.3 Å². The summed E-state index contributed by atoms with van der Waals surface area (Å²) in [4.78, 5) is 3.95. The lowest BCUT2D eigenvalue weighted by molar-refractivity contribution is 0.630. The Balaban J connectivity index is 2.08.